The molecule has 0 aliphatic rings. The summed E-state index contributed by atoms with van der Waals surface area (Å²) in [6, 6.07) is 0. The van der Waals surface area contributed by atoms with E-state index in [4.69, 9.17) is 9.84 Å². The average molecular weight is 239 g/mol. The molecule has 0 bridgehead atoms. The first-order valence-corrected chi connectivity index (χ1v) is 4.97. The van der Waals surface area contributed by atoms with Gasteiger partial charge in [0.1, 0.15) is 5.69 Å². The number of rotatable bonds is 6. The van der Waals surface area contributed by atoms with Crippen molar-refractivity contribution in [1.82, 2.24) is 15.3 Å². The predicted molar refractivity (Wildman–Crippen MR) is 57.8 cm³/mol. The van der Waals surface area contributed by atoms with Crippen LogP contribution in [-0.2, 0) is 4.74 Å². The van der Waals surface area contributed by atoms with Crippen molar-refractivity contribution >= 4 is 11.9 Å². The molecule has 0 fully saturated rings. The van der Waals surface area contributed by atoms with E-state index in [1.54, 1.807) is 7.11 Å². The molecule has 0 spiro atoms. The maximum atomic E-state index is 11.5. The number of carboxylic acid groups (broad SMARTS) is 1. The maximum Gasteiger partial charge on any atom is 0.356 e. The van der Waals surface area contributed by atoms with Crippen LogP contribution in [0.3, 0.4) is 0 Å². The minimum Gasteiger partial charge on any atom is -0.476 e. The molecule has 1 aromatic heterocycles. The van der Waals surface area contributed by atoms with Gasteiger partial charge in [0.05, 0.1) is 12.4 Å². The number of nitrogens with one attached hydrogen (secondary N) is 1. The Morgan fingerprint density at radius 2 is 2.00 bits per heavy atom. The van der Waals surface area contributed by atoms with Crippen molar-refractivity contribution in [2.75, 3.05) is 20.3 Å². The van der Waals surface area contributed by atoms with Crippen LogP contribution in [0.1, 0.15) is 27.4 Å². The monoisotopic (exact) mass is 239 g/mol. The second-order valence-electron chi connectivity index (χ2n) is 3.19. The van der Waals surface area contributed by atoms with E-state index in [1.165, 1.54) is 0 Å². The molecule has 92 valence electrons. The number of nitrogens with zero attached hydrogens (tertiary/aromatic N) is 2. The van der Waals surface area contributed by atoms with Gasteiger partial charge in [-0.2, -0.15) is 0 Å². The van der Waals surface area contributed by atoms with Crippen molar-refractivity contribution in [3.8, 4) is 0 Å². The van der Waals surface area contributed by atoms with Gasteiger partial charge in [0, 0.05) is 20.3 Å². The minimum absolute atomic E-state index is 0.0902. The fourth-order valence-corrected chi connectivity index (χ4v) is 1.06. The molecule has 0 atom stereocenters. The molecular formula is C10H13N3O4. The van der Waals surface area contributed by atoms with Gasteiger partial charge in [-0.3, -0.25) is 4.79 Å². The van der Waals surface area contributed by atoms with Crippen molar-refractivity contribution in [3.05, 3.63) is 23.8 Å². The first kappa shape index (κ1) is 13.0. The summed E-state index contributed by atoms with van der Waals surface area (Å²) in [7, 11) is 1.58. The van der Waals surface area contributed by atoms with Gasteiger partial charge in [-0.15, -0.1) is 0 Å². The van der Waals surface area contributed by atoms with Gasteiger partial charge in [0.2, 0.25) is 0 Å². The van der Waals surface area contributed by atoms with Crippen LogP contribution in [0.5, 0.6) is 0 Å². The molecule has 1 amide bonds. The smallest absolute Gasteiger partial charge is 0.356 e. The van der Waals surface area contributed by atoms with E-state index < -0.39 is 5.97 Å². The summed E-state index contributed by atoms with van der Waals surface area (Å²) in [4.78, 5) is 29.3. The molecule has 0 unspecified atom stereocenters. The van der Waals surface area contributed by atoms with E-state index in [0.717, 1.165) is 12.4 Å². The summed E-state index contributed by atoms with van der Waals surface area (Å²) in [6.07, 6.45) is 2.88. The van der Waals surface area contributed by atoms with Crippen LogP contribution in [0.2, 0.25) is 0 Å². The van der Waals surface area contributed by atoms with E-state index in [0.29, 0.717) is 19.6 Å². The molecule has 1 heterocycles. The highest BCUT2D eigenvalue weighted by Gasteiger charge is 2.09. The summed E-state index contributed by atoms with van der Waals surface area (Å²) in [5, 5.41) is 11.2. The first-order valence-electron chi connectivity index (χ1n) is 4.97. The molecule has 0 radical (unpaired) electrons. The Kier molecular flexibility index (Phi) is 5.02. The van der Waals surface area contributed by atoms with Gasteiger partial charge in [0.15, 0.2) is 5.69 Å². The number of hydrogen-bond donors (Lipinski definition) is 2. The highest BCUT2D eigenvalue weighted by Crippen LogP contribution is 1.95. The van der Waals surface area contributed by atoms with Gasteiger partial charge in [-0.25, -0.2) is 14.8 Å². The molecule has 0 aliphatic heterocycles. The third kappa shape index (κ3) is 4.15. The van der Waals surface area contributed by atoms with Gasteiger partial charge < -0.3 is 15.2 Å². The standard InChI is InChI=1S/C10H13N3O4/c1-17-4-2-3-11-9(14)7-5-13-8(6-12-7)10(15)16/h5-6H,2-4H2,1H3,(H,11,14)(H,15,16). The summed E-state index contributed by atoms with van der Waals surface area (Å²) >= 11 is 0. The van der Waals surface area contributed by atoms with E-state index >= 15 is 0 Å². The van der Waals surface area contributed by atoms with Crippen LogP contribution in [0.4, 0.5) is 0 Å². The Morgan fingerprint density at radius 3 is 2.53 bits per heavy atom. The Hall–Kier alpha value is -2.02. The van der Waals surface area contributed by atoms with Crippen molar-refractivity contribution in [2.24, 2.45) is 0 Å². The maximum absolute atomic E-state index is 11.5. The number of methoxy groups -OCH3 is 1. The van der Waals surface area contributed by atoms with Crippen molar-refractivity contribution in [1.29, 1.82) is 0 Å². The zero-order valence-electron chi connectivity index (χ0n) is 9.34. The summed E-state index contributed by atoms with van der Waals surface area (Å²) in [6.45, 7) is 1.03. The normalized spacial score (nSPS) is 9.94. The highest BCUT2D eigenvalue weighted by molar-refractivity contribution is 5.92. The Bertz CT molecular complexity index is 391. The Morgan fingerprint density at radius 1 is 1.35 bits per heavy atom. The zero-order chi connectivity index (χ0) is 12.7. The number of amides is 1. The molecular weight excluding hydrogens is 226 g/mol. The van der Waals surface area contributed by atoms with Crippen molar-refractivity contribution in [2.45, 2.75) is 6.42 Å². The van der Waals surface area contributed by atoms with Crippen LogP contribution in [0.25, 0.3) is 0 Å². The number of aromatic carboxylic acids is 1. The highest BCUT2D eigenvalue weighted by atomic mass is 16.5. The van der Waals surface area contributed by atoms with Crippen LogP contribution in [0, 0.1) is 0 Å². The Balaban J connectivity index is 2.49. The minimum atomic E-state index is -1.18. The van der Waals surface area contributed by atoms with Gasteiger partial charge in [0.25, 0.3) is 5.91 Å². The fourth-order valence-electron chi connectivity index (χ4n) is 1.06. The van der Waals surface area contributed by atoms with Gasteiger partial charge in [-0.05, 0) is 6.42 Å². The zero-order valence-corrected chi connectivity index (χ0v) is 9.34. The summed E-state index contributed by atoms with van der Waals surface area (Å²) < 4.78 is 4.83. The third-order valence-electron chi connectivity index (χ3n) is 1.91. The fraction of sp³-hybridized carbons (Fsp3) is 0.400. The van der Waals surface area contributed by atoms with Gasteiger partial charge >= 0.3 is 5.97 Å². The number of carbonyl (C=O) groups is 2. The molecule has 7 heteroatoms. The van der Waals surface area contributed by atoms with Crippen LogP contribution < -0.4 is 5.32 Å². The predicted octanol–water partition coefficient (Wildman–Crippen LogP) is -0.0589. The van der Waals surface area contributed by atoms with Crippen LogP contribution >= 0.6 is 0 Å². The number of ether oxygens (including phenoxy) is 1. The molecule has 0 aromatic carbocycles. The topological polar surface area (TPSA) is 101 Å². The summed E-state index contributed by atoms with van der Waals surface area (Å²) in [5.74, 6) is -1.56. The van der Waals surface area contributed by atoms with Crippen LogP contribution in [-0.4, -0.2) is 47.2 Å². The van der Waals surface area contributed by atoms with E-state index in [-0.39, 0.29) is 17.3 Å². The molecule has 0 aliphatic carbocycles. The number of hydrogen-bond acceptors (Lipinski definition) is 5. The average Bonchev–Trinajstić information content (AvgIpc) is 2.34. The second-order valence-corrected chi connectivity index (χ2v) is 3.19. The largest absolute Gasteiger partial charge is 0.476 e. The van der Waals surface area contributed by atoms with E-state index in [2.05, 4.69) is 15.3 Å². The van der Waals surface area contributed by atoms with E-state index in [9.17, 15) is 9.59 Å². The van der Waals surface area contributed by atoms with E-state index in [1.807, 2.05) is 0 Å². The van der Waals surface area contributed by atoms with Crippen molar-refractivity contribution in [3.63, 3.8) is 0 Å². The first-order chi connectivity index (χ1) is 8.15. The molecule has 1 rings (SSSR count). The lowest BCUT2D eigenvalue weighted by molar-refractivity contribution is 0.0689. The number of carboxylic acids is 1. The van der Waals surface area contributed by atoms with Crippen LogP contribution in [0.15, 0.2) is 12.4 Å². The Labute approximate surface area is 97.8 Å². The molecule has 2 N–H and O–H groups in total. The molecule has 0 saturated carbocycles. The summed E-state index contributed by atoms with van der Waals surface area (Å²) in [5.41, 5.74) is -0.103. The third-order valence-corrected chi connectivity index (χ3v) is 1.91. The lowest BCUT2D eigenvalue weighted by Crippen LogP contribution is -2.26. The quantitative estimate of drug-likeness (QED) is 0.674. The number of aromatic nitrogens is 2. The lowest BCUT2D eigenvalue weighted by atomic mass is 10.3. The lowest BCUT2D eigenvalue weighted by Gasteiger charge is -2.03. The van der Waals surface area contributed by atoms with Gasteiger partial charge in [-0.1, -0.05) is 0 Å². The molecule has 1 aromatic rings. The SMILES string of the molecule is COCCCNC(=O)c1cnc(C(=O)O)cn1. The van der Waals surface area contributed by atoms with Crippen molar-refractivity contribution < 1.29 is 19.4 Å². The second kappa shape index (κ2) is 6.54. The molecule has 7 nitrogen and oxygen atoms in total. The molecule has 0 saturated heterocycles. The number of carbonyl (C=O) groups excluding carboxylic acids is 1. The molecule has 17 heavy (non-hydrogen) atoms.